The number of thioether (sulfide) groups is 1. The average molecular weight is 374 g/mol. The molecule has 3 aromatic carbocycles. The van der Waals surface area contributed by atoms with Crippen molar-refractivity contribution in [2.45, 2.75) is 17.3 Å². The summed E-state index contributed by atoms with van der Waals surface area (Å²) in [6.07, 6.45) is 1.66. The number of nitrogens with zero attached hydrogens (tertiary/aromatic N) is 3. The van der Waals surface area contributed by atoms with E-state index < -0.39 is 0 Å². The number of nitrogens with one attached hydrogen (secondary N) is 1. The molecule has 6 heteroatoms. The number of anilines is 1. The van der Waals surface area contributed by atoms with Gasteiger partial charge in [-0.25, -0.2) is 0 Å². The topological polar surface area (TPSA) is 59.8 Å². The van der Waals surface area contributed by atoms with Gasteiger partial charge in [-0.05, 0) is 30.5 Å². The van der Waals surface area contributed by atoms with Crippen LogP contribution in [0.15, 0.2) is 84.3 Å². The SMILES string of the molecule is C[C@@H](Sc1nncn1-c1ccccc1)C(=O)Nc1cccc2ccccc12. The van der Waals surface area contributed by atoms with Gasteiger partial charge < -0.3 is 5.32 Å². The Morgan fingerprint density at radius 3 is 2.59 bits per heavy atom. The Kier molecular flexibility index (Phi) is 4.89. The summed E-state index contributed by atoms with van der Waals surface area (Å²) < 4.78 is 1.88. The standard InChI is InChI=1S/C21H18N4OS/c1-15(27-21-24-22-14-25(21)17-10-3-2-4-11-17)20(26)23-19-13-7-9-16-8-5-6-12-18(16)19/h2-15H,1H3,(H,23,26)/t15-/m1/s1. The predicted octanol–water partition coefficient (Wildman–Crippen LogP) is 4.54. The van der Waals surface area contributed by atoms with Crippen LogP contribution in [0.4, 0.5) is 5.69 Å². The van der Waals surface area contributed by atoms with Gasteiger partial charge in [0.15, 0.2) is 5.16 Å². The maximum atomic E-state index is 12.7. The quantitative estimate of drug-likeness (QED) is 0.521. The van der Waals surface area contributed by atoms with E-state index in [1.807, 2.05) is 84.3 Å². The number of aromatic nitrogens is 3. The molecule has 1 aromatic heterocycles. The van der Waals surface area contributed by atoms with Crippen molar-refractivity contribution in [1.29, 1.82) is 0 Å². The molecule has 0 unspecified atom stereocenters. The third-order valence-corrected chi connectivity index (χ3v) is 5.31. The minimum Gasteiger partial charge on any atom is -0.325 e. The van der Waals surface area contributed by atoms with Crippen molar-refractivity contribution >= 4 is 34.1 Å². The molecule has 0 saturated heterocycles. The Labute approximate surface area is 161 Å². The summed E-state index contributed by atoms with van der Waals surface area (Å²) >= 11 is 1.38. The highest BCUT2D eigenvalue weighted by atomic mass is 32.2. The highest BCUT2D eigenvalue weighted by Crippen LogP contribution is 2.27. The second kappa shape index (κ2) is 7.63. The molecule has 0 aliphatic heterocycles. The van der Waals surface area contributed by atoms with E-state index >= 15 is 0 Å². The van der Waals surface area contributed by atoms with E-state index in [0.717, 1.165) is 22.1 Å². The smallest absolute Gasteiger partial charge is 0.237 e. The lowest BCUT2D eigenvalue weighted by Gasteiger charge is -2.14. The summed E-state index contributed by atoms with van der Waals surface area (Å²) in [6.45, 7) is 1.87. The summed E-state index contributed by atoms with van der Waals surface area (Å²) in [5.41, 5.74) is 1.78. The molecule has 0 aliphatic rings. The lowest BCUT2D eigenvalue weighted by atomic mass is 10.1. The molecule has 27 heavy (non-hydrogen) atoms. The number of carbonyl (C=O) groups is 1. The Hall–Kier alpha value is -3.12. The van der Waals surface area contributed by atoms with Crippen molar-refractivity contribution in [2.24, 2.45) is 0 Å². The molecule has 4 aromatic rings. The van der Waals surface area contributed by atoms with Crippen molar-refractivity contribution in [3.05, 3.63) is 79.1 Å². The van der Waals surface area contributed by atoms with Crippen molar-refractivity contribution in [1.82, 2.24) is 14.8 Å². The number of para-hydroxylation sites is 1. The third kappa shape index (κ3) is 3.71. The molecule has 4 rings (SSSR count). The number of hydrogen-bond donors (Lipinski definition) is 1. The second-order valence-electron chi connectivity index (χ2n) is 6.10. The molecular weight excluding hydrogens is 356 g/mol. The van der Waals surface area contributed by atoms with Crippen LogP contribution < -0.4 is 5.32 Å². The first-order chi connectivity index (χ1) is 13.2. The molecule has 0 saturated carbocycles. The van der Waals surface area contributed by atoms with Crippen LogP contribution in [-0.4, -0.2) is 25.9 Å². The summed E-state index contributed by atoms with van der Waals surface area (Å²) in [4.78, 5) is 12.7. The summed E-state index contributed by atoms with van der Waals surface area (Å²) in [5, 5.41) is 13.7. The third-order valence-electron chi connectivity index (χ3n) is 4.25. The van der Waals surface area contributed by atoms with Crippen LogP contribution in [-0.2, 0) is 4.79 Å². The maximum absolute atomic E-state index is 12.7. The van der Waals surface area contributed by atoms with Gasteiger partial charge in [-0.2, -0.15) is 0 Å². The summed E-state index contributed by atoms with van der Waals surface area (Å²) in [5.74, 6) is -0.0704. The highest BCUT2D eigenvalue weighted by Gasteiger charge is 2.19. The monoisotopic (exact) mass is 374 g/mol. The van der Waals surface area contributed by atoms with E-state index in [1.165, 1.54) is 11.8 Å². The van der Waals surface area contributed by atoms with Gasteiger partial charge in [0.2, 0.25) is 5.91 Å². The fraction of sp³-hybridized carbons (Fsp3) is 0.0952. The van der Waals surface area contributed by atoms with Gasteiger partial charge in [0, 0.05) is 16.8 Å². The molecule has 0 bridgehead atoms. The largest absolute Gasteiger partial charge is 0.325 e. The predicted molar refractivity (Wildman–Crippen MR) is 109 cm³/mol. The number of carbonyl (C=O) groups excluding carboxylic acids is 1. The van der Waals surface area contributed by atoms with Crippen LogP contribution in [0.5, 0.6) is 0 Å². The zero-order valence-electron chi connectivity index (χ0n) is 14.7. The van der Waals surface area contributed by atoms with E-state index in [-0.39, 0.29) is 11.2 Å². The van der Waals surface area contributed by atoms with Crippen molar-refractivity contribution in [3.8, 4) is 5.69 Å². The zero-order chi connectivity index (χ0) is 18.6. The van der Waals surface area contributed by atoms with Gasteiger partial charge in [-0.15, -0.1) is 10.2 Å². The molecule has 1 amide bonds. The van der Waals surface area contributed by atoms with Crippen molar-refractivity contribution in [3.63, 3.8) is 0 Å². The second-order valence-corrected chi connectivity index (χ2v) is 7.40. The van der Waals surface area contributed by atoms with Gasteiger partial charge in [0.05, 0.1) is 5.25 Å². The van der Waals surface area contributed by atoms with Crippen LogP contribution >= 0.6 is 11.8 Å². The minimum absolute atomic E-state index is 0.0704. The van der Waals surface area contributed by atoms with Gasteiger partial charge >= 0.3 is 0 Å². The molecule has 1 N–H and O–H groups in total. The molecule has 5 nitrogen and oxygen atoms in total. The fourth-order valence-corrected chi connectivity index (χ4v) is 3.69. The summed E-state index contributed by atoms with van der Waals surface area (Å²) in [6, 6.07) is 23.7. The minimum atomic E-state index is -0.323. The normalized spacial score (nSPS) is 12.0. The van der Waals surface area contributed by atoms with Crippen molar-refractivity contribution < 1.29 is 4.79 Å². The van der Waals surface area contributed by atoms with E-state index in [2.05, 4.69) is 15.5 Å². The first-order valence-corrected chi connectivity index (χ1v) is 9.51. The van der Waals surface area contributed by atoms with Gasteiger partial charge in [-0.1, -0.05) is 66.4 Å². The fourth-order valence-electron chi connectivity index (χ4n) is 2.85. The average Bonchev–Trinajstić information content (AvgIpc) is 3.17. The lowest BCUT2D eigenvalue weighted by Crippen LogP contribution is -2.23. The molecule has 0 spiro atoms. The molecule has 0 aliphatic carbocycles. The van der Waals surface area contributed by atoms with Crippen LogP contribution in [0, 0.1) is 0 Å². The van der Waals surface area contributed by atoms with E-state index in [4.69, 9.17) is 0 Å². The summed E-state index contributed by atoms with van der Waals surface area (Å²) in [7, 11) is 0. The molecule has 0 fully saturated rings. The molecule has 1 heterocycles. The molecule has 134 valence electrons. The highest BCUT2D eigenvalue weighted by molar-refractivity contribution is 8.00. The zero-order valence-corrected chi connectivity index (χ0v) is 15.6. The Morgan fingerprint density at radius 2 is 1.74 bits per heavy atom. The van der Waals surface area contributed by atoms with Crippen LogP contribution in [0.3, 0.4) is 0 Å². The van der Waals surface area contributed by atoms with Crippen LogP contribution in [0.25, 0.3) is 16.5 Å². The molecule has 1 atom stereocenters. The van der Waals surface area contributed by atoms with Gasteiger partial charge in [0.1, 0.15) is 6.33 Å². The Morgan fingerprint density at radius 1 is 1.00 bits per heavy atom. The number of rotatable bonds is 5. The number of fused-ring (bicyclic) bond motifs is 1. The molecule has 0 radical (unpaired) electrons. The lowest BCUT2D eigenvalue weighted by molar-refractivity contribution is -0.115. The first kappa shape index (κ1) is 17.3. The van der Waals surface area contributed by atoms with E-state index in [0.29, 0.717) is 5.16 Å². The van der Waals surface area contributed by atoms with E-state index in [9.17, 15) is 4.79 Å². The number of amides is 1. The number of hydrogen-bond acceptors (Lipinski definition) is 4. The van der Waals surface area contributed by atoms with Gasteiger partial charge in [0.25, 0.3) is 0 Å². The van der Waals surface area contributed by atoms with Crippen LogP contribution in [0.2, 0.25) is 0 Å². The van der Waals surface area contributed by atoms with E-state index in [1.54, 1.807) is 6.33 Å². The number of benzene rings is 3. The van der Waals surface area contributed by atoms with Crippen molar-refractivity contribution in [2.75, 3.05) is 5.32 Å². The van der Waals surface area contributed by atoms with Crippen LogP contribution in [0.1, 0.15) is 6.92 Å². The molecular formula is C21H18N4OS. The Bertz CT molecular complexity index is 1070. The maximum Gasteiger partial charge on any atom is 0.237 e. The first-order valence-electron chi connectivity index (χ1n) is 8.63. The van der Waals surface area contributed by atoms with Gasteiger partial charge in [-0.3, -0.25) is 9.36 Å². The Balaban J connectivity index is 1.52.